The predicted molar refractivity (Wildman–Crippen MR) is 64.3 cm³/mol. The lowest BCUT2D eigenvalue weighted by Crippen LogP contribution is -2.35. The lowest BCUT2D eigenvalue weighted by Gasteiger charge is -2.33. The molecule has 1 atom stereocenters. The van der Waals surface area contributed by atoms with Crippen LogP contribution >= 0.6 is 0 Å². The molecule has 0 aromatic carbocycles. The third-order valence-electron chi connectivity index (χ3n) is 3.22. The van der Waals surface area contributed by atoms with E-state index in [9.17, 15) is 13.2 Å². The molecule has 3 nitrogen and oxygen atoms in total. The number of nitrogen functional groups attached to an aromatic ring is 1. The van der Waals surface area contributed by atoms with Crippen LogP contribution in [0.15, 0.2) is 12.3 Å². The van der Waals surface area contributed by atoms with Crippen molar-refractivity contribution in [2.45, 2.75) is 25.9 Å². The van der Waals surface area contributed by atoms with Gasteiger partial charge < -0.3 is 10.6 Å². The number of nitrogens with zero attached hydrogens (tertiary/aromatic N) is 2. The van der Waals surface area contributed by atoms with E-state index in [1.165, 1.54) is 0 Å². The number of hydrogen-bond acceptors (Lipinski definition) is 3. The number of anilines is 2. The van der Waals surface area contributed by atoms with Gasteiger partial charge in [0.25, 0.3) is 0 Å². The van der Waals surface area contributed by atoms with E-state index in [2.05, 4.69) is 11.9 Å². The molecule has 1 unspecified atom stereocenters. The SMILES string of the molecule is CC1CCCN(c2cc(C(F)(F)F)cnc2N)C1. The summed E-state index contributed by atoms with van der Waals surface area (Å²) in [6.07, 6.45) is -1.53. The summed E-state index contributed by atoms with van der Waals surface area (Å²) in [7, 11) is 0. The van der Waals surface area contributed by atoms with E-state index in [4.69, 9.17) is 5.73 Å². The molecule has 2 heterocycles. The second-order valence-corrected chi connectivity index (χ2v) is 4.82. The van der Waals surface area contributed by atoms with Gasteiger partial charge in [0, 0.05) is 19.3 Å². The van der Waals surface area contributed by atoms with Gasteiger partial charge in [-0.1, -0.05) is 6.92 Å². The summed E-state index contributed by atoms with van der Waals surface area (Å²) in [5.74, 6) is 0.629. The standard InChI is InChI=1S/C12H16F3N3/c1-8-3-2-4-18(7-8)10-5-9(12(13,14)15)6-17-11(10)16/h5-6,8H,2-4,7H2,1H3,(H2,16,17). The van der Waals surface area contributed by atoms with Crippen LogP contribution in [0.2, 0.25) is 0 Å². The zero-order chi connectivity index (χ0) is 13.3. The Bertz CT molecular complexity index is 431. The highest BCUT2D eigenvalue weighted by Gasteiger charge is 2.32. The van der Waals surface area contributed by atoms with Crippen molar-refractivity contribution in [3.05, 3.63) is 17.8 Å². The number of pyridine rings is 1. The smallest absolute Gasteiger partial charge is 0.382 e. The zero-order valence-corrected chi connectivity index (χ0v) is 10.2. The average molecular weight is 259 g/mol. The minimum atomic E-state index is -4.38. The Kier molecular flexibility index (Phi) is 3.36. The highest BCUT2D eigenvalue weighted by atomic mass is 19.4. The molecule has 2 N–H and O–H groups in total. The van der Waals surface area contributed by atoms with Crippen molar-refractivity contribution in [1.82, 2.24) is 4.98 Å². The van der Waals surface area contributed by atoms with Crippen LogP contribution in [-0.2, 0) is 6.18 Å². The van der Waals surface area contributed by atoms with Gasteiger partial charge in [0.05, 0.1) is 11.3 Å². The fourth-order valence-corrected chi connectivity index (χ4v) is 2.28. The number of nitrogens with two attached hydrogens (primary N) is 1. The van der Waals surface area contributed by atoms with E-state index in [-0.39, 0.29) is 5.82 Å². The van der Waals surface area contributed by atoms with E-state index >= 15 is 0 Å². The van der Waals surface area contributed by atoms with E-state index in [1.54, 1.807) is 0 Å². The lowest BCUT2D eigenvalue weighted by molar-refractivity contribution is -0.137. The molecule has 1 aliphatic heterocycles. The maximum absolute atomic E-state index is 12.6. The summed E-state index contributed by atoms with van der Waals surface area (Å²) in [5, 5.41) is 0. The molecule has 0 radical (unpaired) electrons. The van der Waals surface area contributed by atoms with Gasteiger partial charge in [-0.15, -0.1) is 0 Å². The number of halogens is 3. The second kappa shape index (κ2) is 4.66. The largest absolute Gasteiger partial charge is 0.417 e. The second-order valence-electron chi connectivity index (χ2n) is 4.82. The van der Waals surface area contributed by atoms with E-state index in [1.807, 2.05) is 4.90 Å². The Morgan fingerprint density at radius 2 is 2.17 bits per heavy atom. The normalized spacial score (nSPS) is 21.1. The van der Waals surface area contributed by atoms with Gasteiger partial charge in [-0.2, -0.15) is 13.2 Å². The minimum absolute atomic E-state index is 0.164. The molecule has 0 spiro atoms. The molecular weight excluding hydrogens is 243 g/mol. The van der Waals surface area contributed by atoms with Crippen molar-refractivity contribution in [1.29, 1.82) is 0 Å². The molecular formula is C12H16F3N3. The highest BCUT2D eigenvalue weighted by Crippen LogP contribution is 2.34. The van der Waals surface area contributed by atoms with Gasteiger partial charge in [-0.25, -0.2) is 4.98 Å². The maximum Gasteiger partial charge on any atom is 0.417 e. The van der Waals surface area contributed by atoms with Crippen molar-refractivity contribution in [2.24, 2.45) is 5.92 Å². The quantitative estimate of drug-likeness (QED) is 0.843. The fraction of sp³-hybridized carbons (Fsp3) is 0.583. The fourth-order valence-electron chi connectivity index (χ4n) is 2.28. The van der Waals surface area contributed by atoms with E-state index in [0.717, 1.165) is 38.2 Å². The number of piperidine rings is 1. The van der Waals surface area contributed by atoms with Crippen LogP contribution in [0.3, 0.4) is 0 Å². The van der Waals surface area contributed by atoms with E-state index < -0.39 is 11.7 Å². The molecule has 1 aliphatic rings. The van der Waals surface area contributed by atoms with Crippen LogP contribution in [0.4, 0.5) is 24.7 Å². The molecule has 2 rings (SSSR count). The Labute approximate surface area is 104 Å². The van der Waals surface area contributed by atoms with Gasteiger partial charge in [0.2, 0.25) is 0 Å². The van der Waals surface area contributed by atoms with Crippen molar-refractivity contribution < 1.29 is 13.2 Å². The molecule has 0 bridgehead atoms. The maximum atomic E-state index is 12.6. The van der Waals surface area contributed by atoms with Crippen LogP contribution in [-0.4, -0.2) is 18.1 Å². The monoisotopic (exact) mass is 259 g/mol. The Morgan fingerprint density at radius 3 is 2.78 bits per heavy atom. The van der Waals surface area contributed by atoms with Gasteiger partial charge in [-0.05, 0) is 24.8 Å². The molecule has 1 fully saturated rings. The molecule has 1 aromatic rings. The summed E-state index contributed by atoms with van der Waals surface area (Å²) in [4.78, 5) is 5.56. The molecule has 18 heavy (non-hydrogen) atoms. The Morgan fingerprint density at radius 1 is 1.44 bits per heavy atom. The minimum Gasteiger partial charge on any atom is -0.382 e. The first kappa shape index (κ1) is 13.0. The van der Waals surface area contributed by atoms with Gasteiger partial charge in [0.1, 0.15) is 5.82 Å². The number of aromatic nitrogens is 1. The van der Waals surface area contributed by atoms with Crippen molar-refractivity contribution in [3.63, 3.8) is 0 Å². The average Bonchev–Trinajstić information content (AvgIpc) is 2.28. The zero-order valence-electron chi connectivity index (χ0n) is 10.2. The summed E-state index contributed by atoms with van der Waals surface area (Å²) in [5.41, 5.74) is 5.34. The van der Waals surface area contributed by atoms with Crippen LogP contribution in [0, 0.1) is 5.92 Å². The van der Waals surface area contributed by atoms with Gasteiger partial charge >= 0.3 is 6.18 Å². The summed E-state index contributed by atoms with van der Waals surface area (Å²) in [6, 6.07) is 1.10. The summed E-state index contributed by atoms with van der Waals surface area (Å²) in [6.45, 7) is 3.55. The topological polar surface area (TPSA) is 42.2 Å². The molecule has 100 valence electrons. The summed E-state index contributed by atoms with van der Waals surface area (Å²) < 4.78 is 37.9. The van der Waals surface area contributed by atoms with Gasteiger partial charge in [0.15, 0.2) is 0 Å². The van der Waals surface area contributed by atoms with Crippen molar-refractivity contribution >= 4 is 11.5 Å². The molecule has 0 amide bonds. The molecule has 0 saturated carbocycles. The number of rotatable bonds is 1. The third-order valence-corrected chi connectivity index (χ3v) is 3.22. The highest BCUT2D eigenvalue weighted by molar-refractivity contribution is 5.64. The first-order chi connectivity index (χ1) is 8.38. The van der Waals surface area contributed by atoms with Gasteiger partial charge in [-0.3, -0.25) is 0 Å². The molecule has 6 heteroatoms. The third kappa shape index (κ3) is 2.68. The lowest BCUT2D eigenvalue weighted by atomic mass is 9.99. The number of alkyl halides is 3. The molecule has 1 aromatic heterocycles. The first-order valence-corrected chi connectivity index (χ1v) is 5.95. The van der Waals surface area contributed by atoms with Crippen molar-refractivity contribution in [2.75, 3.05) is 23.7 Å². The molecule has 1 saturated heterocycles. The van der Waals surface area contributed by atoms with Crippen LogP contribution in [0.1, 0.15) is 25.3 Å². The van der Waals surface area contributed by atoms with Crippen LogP contribution in [0.25, 0.3) is 0 Å². The van der Waals surface area contributed by atoms with Crippen molar-refractivity contribution in [3.8, 4) is 0 Å². The van der Waals surface area contributed by atoms with Crippen LogP contribution in [0.5, 0.6) is 0 Å². The first-order valence-electron chi connectivity index (χ1n) is 5.95. The van der Waals surface area contributed by atoms with E-state index in [0.29, 0.717) is 11.6 Å². The van der Waals surface area contributed by atoms with Crippen LogP contribution < -0.4 is 10.6 Å². The molecule has 0 aliphatic carbocycles. The summed E-state index contributed by atoms with van der Waals surface area (Å²) >= 11 is 0. The predicted octanol–water partition coefficient (Wildman–Crippen LogP) is 2.92. The number of hydrogen-bond donors (Lipinski definition) is 1. The Hall–Kier alpha value is -1.46. The Balaban J connectivity index is 2.31.